The van der Waals surface area contributed by atoms with E-state index in [9.17, 15) is 4.79 Å². The fourth-order valence-corrected chi connectivity index (χ4v) is 1.25. The summed E-state index contributed by atoms with van der Waals surface area (Å²) in [6.45, 7) is 0.0819. The molecule has 0 heterocycles. The predicted octanol–water partition coefficient (Wildman–Crippen LogP) is -0.802. The molecule has 0 bridgehead atoms. The van der Waals surface area contributed by atoms with Crippen molar-refractivity contribution in [3.8, 4) is 41.8 Å². The number of terminal acetylenes is 1. The third-order valence-electron chi connectivity index (χ3n) is 2.06. The van der Waals surface area contributed by atoms with Gasteiger partial charge in [0.05, 0.1) is 0 Å². The second-order valence-corrected chi connectivity index (χ2v) is 3.27. The Balaban J connectivity index is 2.73. The number of carbonyl (C=O) groups excluding carboxylic acids is 1. The van der Waals surface area contributed by atoms with Crippen LogP contribution in [0.2, 0.25) is 0 Å². The monoisotopic (exact) mass is 252 g/mol. The number of aldehydes is 1. The molecule has 0 aliphatic rings. The van der Waals surface area contributed by atoms with E-state index >= 15 is 0 Å². The maximum Gasteiger partial charge on any atom is 0.489 e. The highest BCUT2D eigenvalue weighted by Crippen LogP contribution is 2.10. The van der Waals surface area contributed by atoms with Gasteiger partial charge in [-0.25, -0.2) is 0 Å². The first-order valence-corrected chi connectivity index (χ1v) is 5.20. The lowest BCUT2D eigenvalue weighted by atomic mass is 9.77. The lowest BCUT2D eigenvalue weighted by Gasteiger charge is -2.06. The average Bonchev–Trinajstić information content (AvgIpc) is 2.42. The van der Waals surface area contributed by atoms with E-state index in [0.29, 0.717) is 12.0 Å². The minimum absolute atomic E-state index is 0.0819. The Morgan fingerprint density at radius 1 is 1.32 bits per heavy atom. The number of benzene rings is 1. The molecule has 0 fully saturated rings. The first-order valence-electron chi connectivity index (χ1n) is 5.20. The molecule has 5 heteroatoms. The number of ether oxygens (including phenoxy) is 1. The topological polar surface area (TPSA) is 66.8 Å². The lowest BCUT2D eigenvalue weighted by molar-refractivity contribution is 0.112. The molecular formula is C14H9BO4. The molecule has 92 valence electrons. The van der Waals surface area contributed by atoms with E-state index in [2.05, 4.69) is 29.6 Å². The van der Waals surface area contributed by atoms with Gasteiger partial charge in [-0.1, -0.05) is 6.07 Å². The van der Waals surface area contributed by atoms with Crippen molar-refractivity contribution in [3.05, 3.63) is 23.8 Å². The molecule has 19 heavy (non-hydrogen) atoms. The van der Waals surface area contributed by atoms with Crippen molar-refractivity contribution in [1.29, 1.82) is 0 Å². The van der Waals surface area contributed by atoms with Crippen LogP contribution in [0.1, 0.15) is 10.4 Å². The average molecular weight is 252 g/mol. The molecule has 0 atom stereocenters. The molecule has 2 N–H and O–H groups in total. The predicted molar refractivity (Wildman–Crippen MR) is 71.5 cm³/mol. The summed E-state index contributed by atoms with van der Waals surface area (Å²) in [5.74, 6) is 12.4. The van der Waals surface area contributed by atoms with Crippen LogP contribution in [-0.4, -0.2) is 30.1 Å². The van der Waals surface area contributed by atoms with Gasteiger partial charge < -0.3 is 14.8 Å². The molecule has 0 amide bonds. The molecule has 0 saturated heterocycles. The maximum absolute atomic E-state index is 10.8. The Bertz CT molecular complexity index is 621. The Labute approximate surface area is 111 Å². The van der Waals surface area contributed by atoms with Crippen LogP contribution in [0.4, 0.5) is 0 Å². The Morgan fingerprint density at radius 2 is 2.11 bits per heavy atom. The molecular weight excluding hydrogens is 243 g/mol. The number of carbonyl (C=O) groups is 1. The summed E-state index contributed by atoms with van der Waals surface area (Å²) in [6, 6.07) is 4.31. The molecule has 0 unspecified atom stereocenters. The molecule has 1 aromatic rings. The smallest absolute Gasteiger partial charge is 0.481 e. The zero-order valence-corrected chi connectivity index (χ0v) is 9.88. The number of rotatable bonds is 4. The van der Waals surface area contributed by atoms with Crippen LogP contribution in [0.25, 0.3) is 0 Å². The number of hydrogen-bond donors (Lipinski definition) is 2. The quantitative estimate of drug-likeness (QED) is 0.418. The molecule has 1 aromatic carbocycles. The van der Waals surface area contributed by atoms with Crippen LogP contribution in [0.5, 0.6) is 5.75 Å². The van der Waals surface area contributed by atoms with Gasteiger partial charge in [0.2, 0.25) is 0 Å². The standard InChI is InChI=1S/C14H9BO4/c1-2-3-4-5-6-9-19-13-7-8-14(15(17)18)12(10-13)11-16/h1,7-8,10-11,17-18H,9H2. The van der Waals surface area contributed by atoms with Crippen LogP contribution in [-0.2, 0) is 0 Å². The Morgan fingerprint density at radius 3 is 2.74 bits per heavy atom. The third kappa shape index (κ3) is 4.62. The second kappa shape index (κ2) is 7.64. The van der Waals surface area contributed by atoms with Crippen molar-refractivity contribution in [1.82, 2.24) is 0 Å². The molecule has 0 radical (unpaired) electrons. The minimum Gasteiger partial charge on any atom is -0.481 e. The van der Waals surface area contributed by atoms with Crippen LogP contribution >= 0.6 is 0 Å². The van der Waals surface area contributed by atoms with Gasteiger partial charge in [-0.3, -0.25) is 4.79 Å². The fourth-order valence-electron chi connectivity index (χ4n) is 1.25. The first-order chi connectivity index (χ1) is 9.19. The highest BCUT2D eigenvalue weighted by molar-refractivity contribution is 6.60. The van der Waals surface area contributed by atoms with Crippen molar-refractivity contribution in [2.45, 2.75) is 0 Å². The summed E-state index contributed by atoms with van der Waals surface area (Å²) in [5.41, 5.74) is 0.265. The highest BCUT2D eigenvalue weighted by atomic mass is 16.5. The van der Waals surface area contributed by atoms with Crippen LogP contribution in [0.3, 0.4) is 0 Å². The molecule has 0 aliphatic carbocycles. The summed E-state index contributed by atoms with van der Waals surface area (Å²) in [4.78, 5) is 10.8. The second-order valence-electron chi connectivity index (χ2n) is 3.27. The molecule has 0 aliphatic heterocycles. The SMILES string of the molecule is C#CC#CC#CCOc1ccc(B(O)O)c(C=O)c1. The van der Waals surface area contributed by atoms with Gasteiger partial charge >= 0.3 is 7.12 Å². The van der Waals surface area contributed by atoms with Gasteiger partial charge in [0.25, 0.3) is 0 Å². The van der Waals surface area contributed by atoms with Crippen LogP contribution in [0.15, 0.2) is 18.2 Å². The summed E-state index contributed by atoms with van der Waals surface area (Å²) in [5, 5.41) is 18.1. The number of hydrogen-bond acceptors (Lipinski definition) is 4. The Kier molecular flexibility index (Phi) is 5.79. The van der Waals surface area contributed by atoms with E-state index in [1.165, 1.54) is 18.2 Å². The van der Waals surface area contributed by atoms with E-state index in [1.54, 1.807) is 0 Å². The van der Waals surface area contributed by atoms with E-state index in [4.69, 9.17) is 21.2 Å². The van der Waals surface area contributed by atoms with Crippen molar-refractivity contribution < 1.29 is 19.6 Å². The summed E-state index contributed by atoms with van der Waals surface area (Å²) in [6.07, 6.45) is 5.43. The molecule has 0 aromatic heterocycles. The van der Waals surface area contributed by atoms with Crippen molar-refractivity contribution in [2.24, 2.45) is 0 Å². The fraction of sp³-hybridized carbons (Fsp3) is 0.0714. The zero-order valence-electron chi connectivity index (χ0n) is 9.88. The molecule has 0 saturated carbocycles. The molecule has 4 nitrogen and oxygen atoms in total. The van der Waals surface area contributed by atoms with Gasteiger partial charge in [-0.2, -0.15) is 0 Å². The van der Waals surface area contributed by atoms with Crippen LogP contribution in [0, 0.1) is 36.0 Å². The first kappa shape index (κ1) is 14.4. The van der Waals surface area contributed by atoms with E-state index in [-0.39, 0.29) is 17.6 Å². The van der Waals surface area contributed by atoms with Gasteiger partial charge in [0, 0.05) is 5.56 Å². The molecule has 0 spiro atoms. The zero-order chi connectivity index (χ0) is 14.1. The minimum atomic E-state index is -1.70. The van der Waals surface area contributed by atoms with E-state index < -0.39 is 7.12 Å². The van der Waals surface area contributed by atoms with Crippen molar-refractivity contribution in [3.63, 3.8) is 0 Å². The van der Waals surface area contributed by atoms with Gasteiger partial charge in [-0.15, -0.1) is 6.42 Å². The molecule has 1 rings (SSSR count). The van der Waals surface area contributed by atoms with E-state index in [1.807, 2.05) is 0 Å². The third-order valence-corrected chi connectivity index (χ3v) is 2.06. The summed E-state index contributed by atoms with van der Waals surface area (Å²) in [7, 11) is -1.70. The van der Waals surface area contributed by atoms with Gasteiger partial charge in [-0.05, 0) is 47.2 Å². The van der Waals surface area contributed by atoms with Gasteiger partial charge in [0.1, 0.15) is 18.6 Å². The Hall–Kier alpha value is -2.65. The largest absolute Gasteiger partial charge is 0.489 e. The highest BCUT2D eigenvalue weighted by Gasteiger charge is 2.15. The van der Waals surface area contributed by atoms with Crippen molar-refractivity contribution in [2.75, 3.05) is 6.61 Å². The summed E-state index contributed by atoms with van der Waals surface area (Å²) < 4.78 is 5.25. The lowest BCUT2D eigenvalue weighted by Crippen LogP contribution is -2.32. The van der Waals surface area contributed by atoms with Crippen molar-refractivity contribution >= 4 is 18.9 Å². The summed E-state index contributed by atoms with van der Waals surface area (Å²) >= 11 is 0. The normalized spacial score (nSPS) is 8.05. The van der Waals surface area contributed by atoms with E-state index in [0.717, 1.165) is 0 Å². The van der Waals surface area contributed by atoms with Crippen LogP contribution < -0.4 is 10.2 Å². The van der Waals surface area contributed by atoms with Gasteiger partial charge in [0.15, 0.2) is 0 Å². The maximum atomic E-state index is 10.8.